The zero-order chi connectivity index (χ0) is 12.5. The molecule has 2 unspecified atom stereocenters. The lowest BCUT2D eigenvalue weighted by Crippen LogP contribution is -2.40. The van der Waals surface area contributed by atoms with E-state index in [1.165, 1.54) is 25.0 Å². The number of halogens is 1. The van der Waals surface area contributed by atoms with E-state index in [0.717, 1.165) is 25.3 Å². The summed E-state index contributed by atoms with van der Waals surface area (Å²) in [5.74, 6) is 0.320. The van der Waals surface area contributed by atoms with Crippen LogP contribution in [0, 0.1) is 23.1 Å². The fourth-order valence-electron chi connectivity index (χ4n) is 3.12. The van der Waals surface area contributed by atoms with Crippen molar-refractivity contribution < 1.29 is 4.39 Å². The molecule has 2 atom stereocenters. The molecule has 3 rings (SSSR count). The third-order valence-corrected chi connectivity index (χ3v) is 4.02. The highest BCUT2D eigenvalue weighted by Crippen LogP contribution is 2.31. The molecule has 2 saturated heterocycles. The Labute approximate surface area is 106 Å². The largest absolute Gasteiger partial charge is 0.369 e. The predicted octanol–water partition coefficient (Wildman–Crippen LogP) is 1.89. The van der Waals surface area contributed by atoms with Crippen molar-refractivity contribution in [3.8, 4) is 6.07 Å². The standard InChI is InChI=1S/C14H16FN3/c15-12-3-4-14(11(6-12)7-16)18-8-10-2-1-5-17-13(10)9-18/h3-4,6,10,13,17H,1-2,5,8-9H2. The van der Waals surface area contributed by atoms with Crippen LogP contribution in [0.25, 0.3) is 0 Å². The van der Waals surface area contributed by atoms with Crippen LogP contribution in [0.3, 0.4) is 0 Å². The van der Waals surface area contributed by atoms with E-state index in [0.29, 0.717) is 17.5 Å². The molecule has 3 nitrogen and oxygen atoms in total. The van der Waals surface area contributed by atoms with Crippen LogP contribution in [-0.4, -0.2) is 25.7 Å². The Morgan fingerprint density at radius 3 is 3.06 bits per heavy atom. The fraction of sp³-hybridized carbons (Fsp3) is 0.500. The van der Waals surface area contributed by atoms with E-state index < -0.39 is 0 Å². The summed E-state index contributed by atoms with van der Waals surface area (Å²) in [7, 11) is 0. The summed E-state index contributed by atoms with van der Waals surface area (Å²) in [6.07, 6.45) is 2.47. The van der Waals surface area contributed by atoms with E-state index in [9.17, 15) is 4.39 Å². The Morgan fingerprint density at radius 2 is 2.28 bits per heavy atom. The maximum Gasteiger partial charge on any atom is 0.124 e. The average molecular weight is 245 g/mol. The molecule has 0 aliphatic carbocycles. The second-order valence-electron chi connectivity index (χ2n) is 5.14. The normalized spacial score (nSPS) is 26.8. The molecule has 0 aromatic heterocycles. The van der Waals surface area contributed by atoms with Crippen molar-refractivity contribution in [2.24, 2.45) is 5.92 Å². The first-order chi connectivity index (χ1) is 8.78. The lowest BCUT2D eigenvalue weighted by Gasteiger charge is -2.24. The molecule has 2 aliphatic rings. The molecular weight excluding hydrogens is 229 g/mol. The third kappa shape index (κ3) is 1.95. The van der Waals surface area contributed by atoms with Crippen LogP contribution in [0.5, 0.6) is 0 Å². The van der Waals surface area contributed by atoms with Crippen molar-refractivity contribution in [1.82, 2.24) is 5.32 Å². The summed E-state index contributed by atoms with van der Waals surface area (Å²) in [4.78, 5) is 2.21. The van der Waals surface area contributed by atoms with E-state index >= 15 is 0 Å². The second kappa shape index (κ2) is 4.58. The van der Waals surface area contributed by atoms with Gasteiger partial charge in [-0.2, -0.15) is 5.26 Å². The lowest BCUT2D eigenvalue weighted by atomic mass is 9.94. The average Bonchev–Trinajstić information content (AvgIpc) is 2.82. The van der Waals surface area contributed by atoms with E-state index in [4.69, 9.17) is 5.26 Å². The molecule has 0 spiro atoms. The van der Waals surface area contributed by atoms with Crippen molar-refractivity contribution in [1.29, 1.82) is 5.26 Å². The molecule has 18 heavy (non-hydrogen) atoms. The number of nitriles is 1. The summed E-state index contributed by atoms with van der Waals surface area (Å²) in [6, 6.07) is 7.10. The SMILES string of the molecule is N#Cc1cc(F)ccc1N1CC2CCCNC2C1. The molecule has 2 heterocycles. The van der Waals surface area contributed by atoms with Crippen molar-refractivity contribution in [3.05, 3.63) is 29.6 Å². The van der Waals surface area contributed by atoms with Crippen LogP contribution in [0.15, 0.2) is 18.2 Å². The number of piperidine rings is 1. The van der Waals surface area contributed by atoms with E-state index in [1.807, 2.05) is 0 Å². The highest BCUT2D eigenvalue weighted by molar-refractivity contribution is 5.60. The van der Waals surface area contributed by atoms with Gasteiger partial charge >= 0.3 is 0 Å². The number of hydrogen-bond acceptors (Lipinski definition) is 3. The number of nitrogens with one attached hydrogen (secondary N) is 1. The third-order valence-electron chi connectivity index (χ3n) is 4.02. The molecule has 0 saturated carbocycles. The van der Waals surface area contributed by atoms with Gasteiger partial charge < -0.3 is 10.2 Å². The van der Waals surface area contributed by atoms with Gasteiger partial charge in [0.25, 0.3) is 0 Å². The minimum atomic E-state index is -0.343. The molecule has 1 aromatic carbocycles. The number of benzene rings is 1. The summed E-state index contributed by atoms with van der Waals surface area (Å²) in [5.41, 5.74) is 1.31. The van der Waals surface area contributed by atoms with Gasteiger partial charge in [0.05, 0.1) is 11.3 Å². The molecule has 94 valence electrons. The van der Waals surface area contributed by atoms with Crippen LogP contribution in [0.2, 0.25) is 0 Å². The Kier molecular flexibility index (Phi) is 2.92. The van der Waals surface area contributed by atoms with E-state index in [2.05, 4.69) is 16.3 Å². The minimum Gasteiger partial charge on any atom is -0.369 e. The zero-order valence-electron chi connectivity index (χ0n) is 10.2. The summed E-state index contributed by atoms with van der Waals surface area (Å²) < 4.78 is 13.1. The highest BCUT2D eigenvalue weighted by atomic mass is 19.1. The zero-order valence-corrected chi connectivity index (χ0v) is 10.2. The number of hydrogen-bond donors (Lipinski definition) is 1. The number of anilines is 1. The first kappa shape index (κ1) is 11.5. The maximum atomic E-state index is 13.1. The topological polar surface area (TPSA) is 39.1 Å². The first-order valence-corrected chi connectivity index (χ1v) is 6.46. The first-order valence-electron chi connectivity index (χ1n) is 6.46. The fourth-order valence-corrected chi connectivity index (χ4v) is 3.12. The quantitative estimate of drug-likeness (QED) is 0.821. The lowest BCUT2D eigenvalue weighted by molar-refractivity contribution is 0.340. The smallest absolute Gasteiger partial charge is 0.124 e. The van der Waals surface area contributed by atoms with Gasteiger partial charge in [0.15, 0.2) is 0 Å². The van der Waals surface area contributed by atoms with Crippen molar-refractivity contribution in [2.45, 2.75) is 18.9 Å². The maximum absolute atomic E-state index is 13.1. The molecule has 1 aromatic rings. The van der Waals surface area contributed by atoms with Crippen molar-refractivity contribution >= 4 is 5.69 Å². The molecule has 4 heteroatoms. The molecular formula is C14H16FN3. The monoisotopic (exact) mass is 245 g/mol. The van der Waals surface area contributed by atoms with E-state index in [1.54, 1.807) is 6.07 Å². The van der Waals surface area contributed by atoms with Gasteiger partial charge in [-0.05, 0) is 43.5 Å². The Balaban J connectivity index is 1.86. The number of rotatable bonds is 1. The van der Waals surface area contributed by atoms with Crippen LogP contribution in [-0.2, 0) is 0 Å². The molecule has 0 amide bonds. The van der Waals surface area contributed by atoms with E-state index in [-0.39, 0.29) is 5.82 Å². The van der Waals surface area contributed by atoms with Gasteiger partial charge in [-0.3, -0.25) is 0 Å². The number of nitrogens with zero attached hydrogens (tertiary/aromatic N) is 2. The molecule has 2 fully saturated rings. The van der Waals surface area contributed by atoms with Crippen LogP contribution in [0.4, 0.5) is 10.1 Å². The van der Waals surface area contributed by atoms with Gasteiger partial charge in [0, 0.05) is 19.1 Å². The van der Waals surface area contributed by atoms with Crippen LogP contribution < -0.4 is 10.2 Å². The summed E-state index contributed by atoms with van der Waals surface area (Å²) in [5, 5.41) is 12.6. The number of fused-ring (bicyclic) bond motifs is 1. The van der Waals surface area contributed by atoms with Gasteiger partial charge in [-0.25, -0.2) is 4.39 Å². The molecule has 0 radical (unpaired) electrons. The minimum absolute atomic E-state index is 0.343. The van der Waals surface area contributed by atoms with Crippen molar-refractivity contribution in [3.63, 3.8) is 0 Å². The second-order valence-corrected chi connectivity index (χ2v) is 5.14. The van der Waals surface area contributed by atoms with Crippen LogP contribution >= 0.6 is 0 Å². The molecule has 1 N–H and O–H groups in total. The molecule has 0 bridgehead atoms. The Hall–Kier alpha value is -1.60. The predicted molar refractivity (Wildman–Crippen MR) is 67.8 cm³/mol. The van der Waals surface area contributed by atoms with Crippen LogP contribution in [0.1, 0.15) is 18.4 Å². The highest BCUT2D eigenvalue weighted by Gasteiger charge is 2.34. The van der Waals surface area contributed by atoms with Gasteiger partial charge in [0.1, 0.15) is 11.9 Å². The van der Waals surface area contributed by atoms with Gasteiger partial charge in [0.2, 0.25) is 0 Å². The Morgan fingerprint density at radius 1 is 1.39 bits per heavy atom. The summed E-state index contributed by atoms with van der Waals surface area (Å²) >= 11 is 0. The molecule has 2 aliphatic heterocycles. The summed E-state index contributed by atoms with van der Waals surface area (Å²) in [6.45, 7) is 2.98. The van der Waals surface area contributed by atoms with Gasteiger partial charge in [-0.15, -0.1) is 0 Å². The van der Waals surface area contributed by atoms with Gasteiger partial charge in [-0.1, -0.05) is 0 Å². The van der Waals surface area contributed by atoms with Crippen molar-refractivity contribution in [2.75, 3.05) is 24.5 Å². The Bertz CT molecular complexity index is 480.